The van der Waals surface area contributed by atoms with E-state index in [0.29, 0.717) is 11.3 Å². The fourth-order valence-corrected chi connectivity index (χ4v) is 0.977. The molecule has 3 nitrogen and oxygen atoms in total. The van der Waals surface area contributed by atoms with E-state index in [1.165, 1.54) is 7.11 Å². The van der Waals surface area contributed by atoms with Crippen LogP contribution in [0.1, 0.15) is 10.4 Å². The van der Waals surface area contributed by atoms with Crippen LogP contribution in [0.5, 0.6) is 5.75 Å². The number of ketones is 2. The Hall–Kier alpha value is -1.90. The number of allylic oxidation sites excluding steroid dienone is 1. The van der Waals surface area contributed by atoms with Crippen molar-refractivity contribution in [2.45, 2.75) is 0 Å². The van der Waals surface area contributed by atoms with Gasteiger partial charge in [-0.1, -0.05) is 6.58 Å². The summed E-state index contributed by atoms with van der Waals surface area (Å²) >= 11 is 0. The largest absolute Gasteiger partial charge is 0.497 e. The van der Waals surface area contributed by atoms with Crippen LogP contribution < -0.4 is 4.74 Å². The highest BCUT2D eigenvalue weighted by Crippen LogP contribution is 2.11. The maximum Gasteiger partial charge on any atom is 0.232 e. The number of carbonyl (C=O) groups is 2. The molecule has 0 amide bonds. The molecule has 0 heterocycles. The van der Waals surface area contributed by atoms with Gasteiger partial charge in [-0.2, -0.15) is 0 Å². The third-order valence-electron chi connectivity index (χ3n) is 1.76. The average Bonchev–Trinajstić information content (AvgIpc) is 2.27. The second-order valence-corrected chi connectivity index (χ2v) is 2.63. The van der Waals surface area contributed by atoms with E-state index in [2.05, 4.69) is 6.58 Å². The van der Waals surface area contributed by atoms with Gasteiger partial charge in [0.15, 0.2) is 0 Å². The summed E-state index contributed by atoms with van der Waals surface area (Å²) in [6.07, 6.45) is 1.01. The van der Waals surface area contributed by atoms with Crippen LogP contribution in [0.25, 0.3) is 0 Å². The Balaban J connectivity index is 2.92. The fourth-order valence-electron chi connectivity index (χ4n) is 0.977. The number of ether oxygens (including phenoxy) is 1. The van der Waals surface area contributed by atoms with Crippen LogP contribution in [0.15, 0.2) is 36.9 Å². The highest BCUT2D eigenvalue weighted by molar-refractivity contribution is 6.47. The van der Waals surface area contributed by atoms with E-state index >= 15 is 0 Å². The zero-order valence-electron chi connectivity index (χ0n) is 7.82. The molecule has 0 saturated heterocycles. The van der Waals surface area contributed by atoms with Crippen molar-refractivity contribution in [3.63, 3.8) is 0 Å². The smallest absolute Gasteiger partial charge is 0.232 e. The summed E-state index contributed by atoms with van der Waals surface area (Å²) in [6, 6.07) is 6.35. The summed E-state index contributed by atoms with van der Waals surface area (Å²) in [5.74, 6) is -0.509. The predicted octanol–water partition coefficient (Wildman–Crippen LogP) is 1.63. The van der Waals surface area contributed by atoms with Gasteiger partial charge in [-0.25, -0.2) is 0 Å². The number of hydrogen-bond acceptors (Lipinski definition) is 3. The molecule has 0 aliphatic carbocycles. The molecule has 1 rings (SSSR count). The molecule has 0 aliphatic rings. The van der Waals surface area contributed by atoms with E-state index in [1.54, 1.807) is 24.3 Å². The lowest BCUT2D eigenvalue weighted by atomic mass is 10.1. The summed E-state index contributed by atoms with van der Waals surface area (Å²) in [5, 5.41) is 0. The first-order valence-corrected chi connectivity index (χ1v) is 4.04. The average molecular weight is 190 g/mol. The quantitative estimate of drug-likeness (QED) is 0.411. The lowest BCUT2D eigenvalue weighted by Crippen LogP contribution is -2.10. The van der Waals surface area contributed by atoms with E-state index in [1.807, 2.05) is 0 Å². The van der Waals surface area contributed by atoms with Crippen LogP contribution in [0.2, 0.25) is 0 Å². The molecule has 1 aromatic carbocycles. The van der Waals surface area contributed by atoms with Gasteiger partial charge in [0.1, 0.15) is 5.75 Å². The molecule has 0 fully saturated rings. The minimum Gasteiger partial charge on any atom is -0.497 e. The molecule has 0 aliphatic heterocycles. The number of Topliss-reactive ketones (excluding diaryl/α,β-unsaturated/α-hetero) is 1. The van der Waals surface area contributed by atoms with Gasteiger partial charge >= 0.3 is 0 Å². The molecule has 0 unspecified atom stereocenters. The first-order valence-electron chi connectivity index (χ1n) is 4.04. The first kappa shape index (κ1) is 10.2. The van der Waals surface area contributed by atoms with E-state index < -0.39 is 11.6 Å². The molecule has 0 spiro atoms. The van der Waals surface area contributed by atoms with Crippen molar-refractivity contribution in [1.82, 2.24) is 0 Å². The lowest BCUT2D eigenvalue weighted by Gasteiger charge is -2.00. The van der Waals surface area contributed by atoms with Crippen molar-refractivity contribution >= 4 is 11.6 Å². The van der Waals surface area contributed by atoms with E-state index in [-0.39, 0.29) is 0 Å². The van der Waals surface area contributed by atoms with E-state index in [4.69, 9.17) is 4.74 Å². The third-order valence-corrected chi connectivity index (χ3v) is 1.76. The van der Waals surface area contributed by atoms with Crippen molar-refractivity contribution < 1.29 is 14.3 Å². The van der Waals surface area contributed by atoms with Crippen molar-refractivity contribution in [2.24, 2.45) is 0 Å². The number of hydrogen-bond donors (Lipinski definition) is 0. The number of benzene rings is 1. The standard InChI is InChI=1S/C11H10O3/c1-3-10(12)11(13)8-4-6-9(14-2)7-5-8/h3-7H,1H2,2H3. The van der Waals surface area contributed by atoms with Crippen LogP contribution in [-0.4, -0.2) is 18.7 Å². The molecule has 0 radical (unpaired) electrons. The predicted molar refractivity (Wildman–Crippen MR) is 52.5 cm³/mol. The van der Waals surface area contributed by atoms with E-state index in [9.17, 15) is 9.59 Å². The maximum atomic E-state index is 11.3. The summed E-state index contributed by atoms with van der Waals surface area (Å²) in [6.45, 7) is 3.25. The van der Waals surface area contributed by atoms with Crippen LogP contribution >= 0.6 is 0 Å². The molecular weight excluding hydrogens is 180 g/mol. The van der Waals surface area contributed by atoms with Crippen LogP contribution in [0, 0.1) is 0 Å². The lowest BCUT2D eigenvalue weighted by molar-refractivity contribution is -0.110. The van der Waals surface area contributed by atoms with Gasteiger partial charge in [-0.3, -0.25) is 9.59 Å². The van der Waals surface area contributed by atoms with Gasteiger partial charge in [0.25, 0.3) is 0 Å². The monoisotopic (exact) mass is 190 g/mol. The van der Waals surface area contributed by atoms with Crippen molar-refractivity contribution in [1.29, 1.82) is 0 Å². The molecule has 0 bridgehead atoms. The van der Waals surface area contributed by atoms with Gasteiger partial charge in [0, 0.05) is 5.56 Å². The molecule has 1 aromatic rings. The highest BCUT2D eigenvalue weighted by Gasteiger charge is 2.11. The zero-order valence-corrected chi connectivity index (χ0v) is 7.82. The Labute approximate surface area is 82.0 Å². The Morgan fingerprint density at radius 3 is 2.29 bits per heavy atom. The Morgan fingerprint density at radius 1 is 1.29 bits per heavy atom. The van der Waals surface area contributed by atoms with Crippen LogP contribution in [-0.2, 0) is 4.79 Å². The van der Waals surface area contributed by atoms with Crippen LogP contribution in [0.3, 0.4) is 0 Å². The Bertz CT molecular complexity index is 363. The van der Waals surface area contributed by atoms with Gasteiger partial charge < -0.3 is 4.74 Å². The maximum absolute atomic E-state index is 11.3. The zero-order chi connectivity index (χ0) is 10.6. The Morgan fingerprint density at radius 2 is 1.86 bits per heavy atom. The van der Waals surface area contributed by atoms with Crippen molar-refractivity contribution in [3.05, 3.63) is 42.5 Å². The minimum absolute atomic E-state index is 0.343. The molecular formula is C11H10O3. The second-order valence-electron chi connectivity index (χ2n) is 2.63. The number of rotatable bonds is 4. The first-order chi connectivity index (χ1) is 6.69. The molecule has 3 heteroatoms. The summed E-state index contributed by atoms with van der Waals surface area (Å²) in [7, 11) is 1.53. The van der Waals surface area contributed by atoms with Crippen molar-refractivity contribution in [2.75, 3.05) is 7.11 Å². The molecule has 0 saturated carbocycles. The van der Waals surface area contributed by atoms with Gasteiger partial charge in [0.05, 0.1) is 7.11 Å². The SMILES string of the molecule is C=CC(=O)C(=O)c1ccc(OC)cc1. The molecule has 0 atom stereocenters. The van der Waals surface area contributed by atoms with Crippen molar-refractivity contribution in [3.8, 4) is 5.75 Å². The highest BCUT2D eigenvalue weighted by atomic mass is 16.5. The van der Waals surface area contributed by atoms with E-state index in [0.717, 1.165) is 6.08 Å². The molecule has 0 aromatic heterocycles. The van der Waals surface area contributed by atoms with Gasteiger partial charge in [-0.15, -0.1) is 0 Å². The third kappa shape index (κ3) is 2.07. The molecule has 72 valence electrons. The van der Waals surface area contributed by atoms with Crippen LogP contribution in [0.4, 0.5) is 0 Å². The molecule has 14 heavy (non-hydrogen) atoms. The topological polar surface area (TPSA) is 43.4 Å². The number of carbonyl (C=O) groups excluding carboxylic acids is 2. The van der Waals surface area contributed by atoms with Gasteiger partial charge in [0.2, 0.25) is 11.6 Å². The number of methoxy groups -OCH3 is 1. The second kappa shape index (κ2) is 4.37. The minimum atomic E-state index is -0.602. The summed E-state index contributed by atoms with van der Waals surface area (Å²) in [4.78, 5) is 22.3. The van der Waals surface area contributed by atoms with Gasteiger partial charge in [-0.05, 0) is 30.3 Å². The summed E-state index contributed by atoms with van der Waals surface area (Å²) < 4.78 is 4.92. The molecule has 0 N–H and O–H groups in total. The Kier molecular flexibility index (Phi) is 3.18. The summed E-state index contributed by atoms with van der Waals surface area (Å²) in [5.41, 5.74) is 0.343. The fraction of sp³-hybridized carbons (Fsp3) is 0.0909. The normalized spacial score (nSPS) is 9.21.